The number of aryl methyl sites for hydroxylation is 1. The number of carbonyl (C=O) groups excluding carboxylic acids is 1. The Morgan fingerprint density at radius 3 is 2.73 bits per heavy atom. The molecule has 0 unspecified atom stereocenters. The van der Waals surface area contributed by atoms with Crippen LogP contribution in [0.3, 0.4) is 0 Å². The maximum absolute atomic E-state index is 13.0. The van der Waals surface area contributed by atoms with E-state index in [0.29, 0.717) is 12.8 Å². The molecule has 0 saturated carbocycles. The van der Waals surface area contributed by atoms with Gasteiger partial charge in [0.2, 0.25) is 5.91 Å². The predicted molar refractivity (Wildman–Crippen MR) is 137 cm³/mol. The van der Waals surface area contributed by atoms with Crippen molar-refractivity contribution in [3.05, 3.63) is 102 Å². The number of amides is 1. The highest BCUT2D eigenvalue weighted by Crippen LogP contribution is 2.28. The Balaban J connectivity index is 1.51. The molecule has 1 N–H and O–H groups in total. The van der Waals surface area contributed by atoms with Crippen LogP contribution >= 0.6 is 0 Å². The summed E-state index contributed by atoms with van der Waals surface area (Å²) in [7, 11) is 1.86. The van der Waals surface area contributed by atoms with E-state index in [1.165, 1.54) is 10.9 Å². The van der Waals surface area contributed by atoms with E-state index in [-0.39, 0.29) is 5.91 Å². The van der Waals surface area contributed by atoms with Gasteiger partial charge in [-0.15, -0.1) is 0 Å². The van der Waals surface area contributed by atoms with Gasteiger partial charge >= 0.3 is 0 Å². The van der Waals surface area contributed by atoms with Crippen LogP contribution in [-0.4, -0.2) is 22.9 Å². The zero-order valence-electron chi connectivity index (χ0n) is 19.4. The number of anilines is 1. The molecule has 0 saturated heterocycles. The predicted octanol–water partition coefficient (Wildman–Crippen LogP) is 6.78. The summed E-state index contributed by atoms with van der Waals surface area (Å²) in [5, 5.41) is 1.19. The highest BCUT2D eigenvalue weighted by molar-refractivity contribution is 5.94. The molecule has 4 nitrogen and oxygen atoms in total. The van der Waals surface area contributed by atoms with E-state index in [0.717, 1.165) is 47.2 Å². The Morgan fingerprint density at radius 2 is 1.91 bits per heavy atom. The molecule has 33 heavy (non-hydrogen) atoms. The van der Waals surface area contributed by atoms with Crippen molar-refractivity contribution in [2.24, 2.45) is 0 Å². The second-order valence-electron chi connectivity index (χ2n) is 8.36. The fraction of sp³-hybridized carbons (Fsp3) is 0.241. The minimum absolute atomic E-state index is 0.107. The topological polar surface area (TPSA) is 49.0 Å². The Labute approximate surface area is 196 Å². The molecule has 2 heterocycles. The number of H-pyrrole nitrogens is 1. The second-order valence-corrected chi connectivity index (χ2v) is 8.36. The minimum atomic E-state index is 0.107. The van der Waals surface area contributed by atoms with Gasteiger partial charge in [-0.05, 0) is 53.8 Å². The fourth-order valence-electron chi connectivity index (χ4n) is 4.15. The summed E-state index contributed by atoms with van der Waals surface area (Å²) in [5.74, 6) is 0.107. The summed E-state index contributed by atoms with van der Waals surface area (Å²) < 4.78 is 0. The third kappa shape index (κ3) is 5.40. The molecule has 0 aliphatic heterocycles. The van der Waals surface area contributed by atoms with Gasteiger partial charge < -0.3 is 9.88 Å². The smallest absolute Gasteiger partial charge is 0.227 e. The molecule has 2 aromatic heterocycles. The van der Waals surface area contributed by atoms with Gasteiger partial charge in [-0.3, -0.25) is 9.78 Å². The molecule has 2 aromatic carbocycles. The van der Waals surface area contributed by atoms with Gasteiger partial charge in [0.25, 0.3) is 0 Å². The number of para-hydroxylation sites is 1. The normalized spacial score (nSPS) is 11.6. The summed E-state index contributed by atoms with van der Waals surface area (Å²) in [5.41, 5.74) is 6.56. The van der Waals surface area contributed by atoms with Crippen LogP contribution < -0.4 is 4.90 Å². The van der Waals surface area contributed by atoms with Crippen LogP contribution in [0.5, 0.6) is 0 Å². The van der Waals surface area contributed by atoms with Gasteiger partial charge in [-0.1, -0.05) is 62.2 Å². The van der Waals surface area contributed by atoms with Crippen molar-refractivity contribution in [1.29, 1.82) is 0 Å². The van der Waals surface area contributed by atoms with Crippen molar-refractivity contribution in [2.75, 3.05) is 11.9 Å². The summed E-state index contributed by atoms with van der Waals surface area (Å²) in [4.78, 5) is 22.4. The molecule has 0 aliphatic rings. The number of allylic oxidation sites excluding steroid dienone is 1. The molecule has 0 bridgehead atoms. The van der Waals surface area contributed by atoms with E-state index in [1.54, 1.807) is 11.1 Å². The average Bonchev–Trinajstić information content (AvgIpc) is 3.28. The number of nitrogens with one attached hydrogen (secondary N) is 1. The maximum atomic E-state index is 13.0. The molecule has 1 amide bonds. The maximum Gasteiger partial charge on any atom is 0.227 e. The van der Waals surface area contributed by atoms with Gasteiger partial charge in [0.15, 0.2) is 0 Å². The molecule has 0 radical (unpaired) electrons. The lowest BCUT2D eigenvalue weighted by atomic mass is 9.97. The first-order chi connectivity index (χ1) is 16.2. The van der Waals surface area contributed by atoms with Crippen LogP contribution in [0.4, 0.5) is 5.69 Å². The van der Waals surface area contributed by atoms with Crippen LogP contribution in [0, 0.1) is 0 Å². The Bertz CT molecular complexity index is 1240. The van der Waals surface area contributed by atoms with E-state index < -0.39 is 0 Å². The quantitative estimate of drug-likeness (QED) is 0.293. The van der Waals surface area contributed by atoms with E-state index in [9.17, 15) is 4.79 Å². The summed E-state index contributed by atoms with van der Waals surface area (Å²) >= 11 is 0. The van der Waals surface area contributed by atoms with Gasteiger partial charge in [0.05, 0.1) is 0 Å². The van der Waals surface area contributed by atoms with Crippen LogP contribution in [0.2, 0.25) is 0 Å². The third-order valence-corrected chi connectivity index (χ3v) is 6.08. The van der Waals surface area contributed by atoms with Crippen LogP contribution in [0.15, 0.2) is 85.3 Å². The first-order valence-corrected chi connectivity index (χ1v) is 11.7. The van der Waals surface area contributed by atoms with Gasteiger partial charge in [0, 0.05) is 54.2 Å². The number of aromatic amines is 1. The van der Waals surface area contributed by atoms with Crippen molar-refractivity contribution in [2.45, 2.75) is 39.0 Å². The molecule has 0 spiro atoms. The molecule has 0 fully saturated rings. The van der Waals surface area contributed by atoms with Crippen molar-refractivity contribution in [3.63, 3.8) is 0 Å². The van der Waals surface area contributed by atoms with Crippen LogP contribution in [0.25, 0.3) is 16.5 Å². The Morgan fingerprint density at radius 1 is 1.06 bits per heavy atom. The lowest BCUT2D eigenvalue weighted by Gasteiger charge is -2.19. The van der Waals surface area contributed by atoms with Crippen molar-refractivity contribution >= 4 is 28.1 Å². The van der Waals surface area contributed by atoms with Crippen molar-refractivity contribution in [3.8, 4) is 0 Å². The number of nitrogens with zero attached hydrogens (tertiary/aromatic N) is 2. The van der Waals surface area contributed by atoms with Gasteiger partial charge in [-0.2, -0.15) is 0 Å². The number of pyridine rings is 1. The number of carbonyl (C=O) groups is 1. The van der Waals surface area contributed by atoms with Gasteiger partial charge in [-0.25, -0.2) is 0 Å². The van der Waals surface area contributed by atoms with Gasteiger partial charge in [0.1, 0.15) is 0 Å². The molecule has 0 atom stereocenters. The largest absolute Gasteiger partial charge is 0.361 e. The second kappa shape index (κ2) is 10.8. The lowest BCUT2D eigenvalue weighted by molar-refractivity contribution is -0.118. The number of benzene rings is 2. The fourth-order valence-corrected chi connectivity index (χ4v) is 4.15. The highest BCUT2D eigenvalue weighted by atomic mass is 16.2. The lowest BCUT2D eigenvalue weighted by Crippen LogP contribution is -2.26. The Hall–Kier alpha value is -3.66. The van der Waals surface area contributed by atoms with Crippen molar-refractivity contribution in [1.82, 2.24) is 9.97 Å². The molecule has 4 heteroatoms. The average molecular weight is 438 g/mol. The number of unbranched alkanes of at least 4 members (excludes halogenated alkanes) is 2. The monoisotopic (exact) mass is 437 g/mol. The SMILES string of the molecule is CCCCC=C(c1cccnc1)c1cccc(N(C)C(=O)CCc2c[nH]c3ccccc23)c1. The van der Waals surface area contributed by atoms with Crippen LogP contribution in [0.1, 0.15) is 49.3 Å². The molecule has 168 valence electrons. The zero-order valence-corrected chi connectivity index (χ0v) is 19.4. The van der Waals surface area contributed by atoms with Crippen LogP contribution in [-0.2, 0) is 11.2 Å². The third-order valence-electron chi connectivity index (χ3n) is 6.08. The number of aromatic nitrogens is 2. The summed E-state index contributed by atoms with van der Waals surface area (Å²) in [6.45, 7) is 2.20. The summed E-state index contributed by atoms with van der Waals surface area (Å²) in [6, 6.07) is 20.5. The molecule has 0 aliphatic carbocycles. The molecule has 4 rings (SSSR count). The first kappa shape index (κ1) is 22.5. The van der Waals surface area contributed by atoms with E-state index in [2.05, 4.69) is 53.3 Å². The number of rotatable bonds is 9. The van der Waals surface area contributed by atoms with E-state index >= 15 is 0 Å². The highest BCUT2D eigenvalue weighted by Gasteiger charge is 2.14. The molecule has 4 aromatic rings. The zero-order chi connectivity index (χ0) is 23.0. The summed E-state index contributed by atoms with van der Waals surface area (Å²) in [6.07, 6.45) is 12.5. The van der Waals surface area contributed by atoms with Crippen molar-refractivity contribution < 1.29 is 4.79 Å². The Kier molecular flexibility index (Phi) is 7.36. The standard InChI is InChI=1S/C29H31N3O/c1-3-4-5-13-26(23-11-9-18-30-20-23)22-10-8-12-25(19-22)32(2)29(33)17-16-24-21-31-28-15-7-6-14-27(24)28/h6-15,18-21,31H,3-5,16-17H2,1-2H3. The molecular formula is C29H31N3O. The van der Waals surface area contributed by atoms with E-state index in [4.69, 9.17) is 0 Å². The minimum Gasteiger partial charge on any atom is -0.361 e. The number of fused-ring (bicyclic) bond motifs is 1. The first-order valence-electron chi connectivity index (χ1n) is 11.7. The molecular weight excluding hydrogens is 406 g/mol. The number of hydrogen-bond acceptors (Lipinski definition) is 2. The van der Waals surface area contributed by atoms with E-state index in [1.807, 2.05) is 49.8 Å². The number of hydrogen-bond donors (Lipinski definition) is 1.